The molecule has 5 rings (SSSR count). The number of nitrogens with one attached hydrogen (secondary N) is 1. The summed E-state index contributed by atoms with van der Waals surface area (Å²) in [5.41, 5.74) is -0.199. The molecule has 1 N–H and O–H groups in total. The van der Waals surface area contributed by atoms with Crippen LogP contribution in [0.3, 0.4) is 0 Å². The Balaban J connectivity index is 1.58. The molecule has 208 valence electrons. The lowest BCUT2D eigenvalue weighted by Gasteiger charge is -2.27. The number of fused-ring (bicyclic) bond motifs is 1. The maximum absolute atomic E-state index is 13.6. The second-order valence-corrected chi connectivity index (χ2v) is 10.2. The van der Waals surface area contributed by atoms with Crippen molar-refractivity contribution in [1.29, 1.82) is 0 Å². The van der Waals surface area contributed by atoms with Gasteiger partial charge in [0.2, 0.25) is 5.91 Å². The van der Waals surface area contributed by atoms with E-state index in [0.717, 1.165) is 30.8 Å². The van der Waals surface area contributed by atoms with E-state index in [1.807, 2.05) is 12.1 Å². The molecule has 0 unspecified atom stereocenters. The lowest BCUT2D eigenvalue weighted by molar-refractivity contribution is -0.137. The molecule has 1 amide bonds. The molecular weight excluding hydrogens is 568 g/mol. The standard InChI is InChI=1S/C29H23Cl2F3N2O4/c30-19-6-7-24(22(13-19)29(32,33)34)35-26(37)14-21-27(17-4-2-1-3-5-17)20-12-18(16-36-8-10-39-11-9-36)23(31)15-25(20)40-28(21)38/h1-7,12-13,15H,8-11,14,16H2,(H,35,37). The van der Waals surface area contributed by atoms with E-state index >= 15 is 0 Å². The van der Waals surface area contributed by atoms with Gasteiger partial charge in [0.15, 0.2) is 0 Å². The summed E-state index contributed by atoms with van der Waals surface area (Å²) >= 11 is 12.3. The van der Waals surface area contributed by atoms with Gasteiger partial charge in [0, 0.05) is 46.7 Å². The minimum absolute atomic E-state index is 0.0124. The third-order valence-electron chi connectivity index (χ3n) is 6.63. The monoisotopic (exact) mass is 590 g/mol. The van der Waals surface area contributed by atoms with Crippen LogP contribution in [-0.4, -0.2) is 37.1 Å². The third-order valence-corrected chi connectivity index (χ3v) is 7.21. The highest BCUT2D eigenvalue weighted by Crippen LogP contribution is 2.37. The number of hydrogen-bond acceptors (Lipinski definition) is 5. The first-order valence-electron chi connectivity index (χ1n) is 12.4. The van der Waals surface area contributed by atoms with Crippen molar-refractivity contribution in [3.05, 3.63) is 97.8 Å². The molecule has 0 bridgehead atoms. The van der Waals surface area contributed by atoms with Crippen molar-refractivity contribution in [2.24, 2.45) is 0 Å². The average molecular weight is 591 g/mol. The van der Waals surface area contributed by atoms with Crippen molar-refractivity contribution in [2.75, 3.05) is 31.6 Å². The number of halogens is 5. The number of carbonyl (C=O) groups is 1. The predicted octanol–water partition coefficient (Wildman–Crippen LogP) is 6.80. The maximum Gasteiger partial charge on any atom is 0.418 e. The highest BCUT2D eigenvalue weighted by Gasteiger charge is 2.34. The van der Waals surface area contributed by atoms with Crippen molar-refractivity contribution in [1.82, 2.24) is 4.90 Å². The molecule has 3 aromatic carbocycles. The van der Waals surface area contributed by atoms with Crippen molar-refractivity contribution in [3.8, 4) is 11.1 Å². The molecule has 2 heterocycles. The van der Waals surface area contributed by atoms with Crippen LogP contribution in [0.1, 0.15) is 16.7 Å². The smallest absolute Gasteiger partial charge is 0.418 e. The average Bonchev–Trinajstić information content (AvgIpc) is 2.91. The van der Waals surface area contributed by atoms with Crippen LogP contribution in [0.25, 0.3) is 22.1 Å². The molecule has 0 saturated carbocycles. The molecular formula is C29H23Cl2F3N2O4. The first-order valence-corrected chi connectivity index (χ1v) is 13.2. The number of alkyl halides is 3. The minimum atomic E-state index is -4.75. The highest BCUT2D eigenvalue weighted by atomic mass is 35.5. The Kier molecular flexibility index (Phi) is 8.19. The van der Waals surface area contributed by atoms with Crippen LogP contribution in [0, 0.1) is 0 Å². The van der Waals surface area contributed by atoms with E-state index in [1.165, 1.54) is 6.07 Å². The number of anilines is 1. The second-order valence-electron chi connectivity index (χ2n) is 9.35. The molecule has 6 nitrogen and oxygen atoms in total. The summed E-state index contributed by atoms with van der Waals surface area (Å²) in [4.78, 5) is 28.5. The van der Waals surface area contributed by atoms with Gasteiger partial charge >= 0.3 is 11.8 Å². The Morgan fingerprint density at radius 1 is 1.00 bits per heavy atom. The topological polar surface area (TPSA) is 71.8 Å². The normalized spacial score (nSPS) is 14.4. The summed E-state index contributed by atoms with van der Waals surface area (Å²) in [7, 11) is 0. The summed E-state index contributed by atoms with van der Waals surface area (Å²) in [6.45, 7) is 3.23. The minimum Gasteiger partial charge on any atom is -0.422 e. The number of rotatable bonds is 6. The Hall–Kier alpha value is -3.37. The van der Waals surface area contributed by atoms with Crippen LogP contribution in [0.2, 0.25) is 10.0 Å². The Labute approximate surface area is 237 Å². The van der Waals surface area contributed by atoms with Gasteiger partial charge in [-0.1, -0.05) is 53.5 Å². The molecule has 0 radical (unpaired) electrons. The second kappa shape index (κ2) is 11.6. The Morgan fingerprint density at radius 3 is 2.42 bits per heavy atom. The van der Waals surface area contributed by atoms with Gasteiger partial charge in [0.05, 0.1) is 36.4 Å². The van der Waals surface area contributed by atoms with Gasteiger partial charge in [0.25, 0.3) is 0 Å². The van der Waals surface area contributed by atoms with E-state index in [9.17, 15) is 22.8 Å². The van der Waals surface area contributed by atoms with Crippen LogP contribution < -0.4 is 10.9 Å². The van der Waals surface area contributed by atoms with Crippen molar-refractivity contribution in [3.63, 3.8) is 0 Å². The van der Waals surface area contributed by atoms with Crippen molar-refractivity contribution < 1.29 is 27.1 Å². The molecule has 4 aromatic rings. The molecule has 0 atom stereocenters. The number of hydrogen-bond donors (Lipinski definition) is 1. The maximum atomic E-state index is 13.6. The van der Waals surface area contributed by atoms with Crippen LogP contribution in [0.5, 0.6) is 0 Å². The van der Waals surface area contributed by atoms with Gasteiger partial charge in [-0.2, -0.15) is 13.2 Å². The van der Waals surface area contributed by atoms with Crippen LogP contribution in [0.4, 0.5) is 18.9 Å². The van der Waals surface area contributed by atoms with E-state index in [4.69, 9.17) is 32.4 Å². The van der Waals surface area contributed by atoms with E-state index in [-0.39, 0.29) is 16.2 Å². The zero-order valence-corrected chi connectivity index (χ0v) is 22.5. The van der Waals surface area contributed by atoms with Gasteiger partial charge in [-0.15, -0.1) is 0 Å². The van der Waals surface area contributed by atoms with Crippen LogP contribution in [0.15, 0.2) is 69.9 Å². The Bertz CT molecular complexity index is 1620. The number of benzene rings is 3. The largest absolute Gasteiger partial charge is 0.422 e. The molecule has 1 fully saturated rings. The van der Waals surface area contributed by atoms with Gasteiger partial charge < -0.3 is 14.5 Å². The zero-order valence-electron chi connectivity index (χ0n) is 21.0. The summed E-state index contributed by atoms with van der Waals surface area (Å²) < 4.78 is 51.7. The fraction of sp³-hybridized carbons (Fsp3) is 0.241. The van der Waals surface area contributed by atoms with Crippen LogP contribution >= 0.6 is 23.2 Å². The number of nitrogens with zero attached hydrogens (tertiary/aromatic N) is 1. The third kappa shape index (κ3) is 6.18. The van der Waals surface area contributed by atoms with Gasteiger partial charge in [-0.3, -0.25) is 9.69 Å². The lowest BCUT2D eigenvalue weighted by atomic mass is 9.94. The molecule has 1 saturated heterocycles. The van der Waals surface area contributed by atoms with Gasteiger partial charge in [-0.05, 0) is 35.4 Å². The SMILES string of the molecule is O=C(Cc1c(-c2ccccc2)c2cc(CN3CCOCC3)c(Cl)cc2oc1=O)Nc1ccc(Cl)cc1C(F)(F)F. The van der Waals surface area contributed by atoms with Crippen LogP contribution in [-0.2, 0) is 28.7 Å². The highest BCUT2D eigenvalue weighted by molar-refractivity contribution is 6.32. The van der Waals surface area contributed by atoms with E-state index < -0.39 is 35.4 Å². The number of carbonyl (C=O) groups excluding carboxylic acids is 1. The Morgan fingerprint density at radius 2 is 1.73 bits per heavy atom. The molecule has 1 aliphatic heterocycles. The van der Waals surface area contributed by atoms with E-state index in [2.05, 4.69) is 10.2 Å². The summed E-state index contributed by atoms with van der Waals surface area (Å²) in [5, 5.41) is 3.14. The molecule has 0 spiro atoms. The zero-order chi connectivity index (χ0) is 28.4. The van der Waals surface area contributed by atoms with Crippen molar-refractivity contribution in [2.45, 2.75) is 19.1 Å². The fourth-order valence-corrected chi connectivity index (χ4v) is 5.12. The van der Waals surface area contributed by atoms with E-state index in [1.54, 1.807) is 30.3 Å². The first kappa shape index (κ1) is 28.2. The molecule has 0 aliphatic carbocycles. The quantitative estimate of drug-likeness (QED) is 0.250. The number of ether oxygens (including phenoxy) is 1. The lowest BCUT2D eigenvalue weighted by Crippen LogP contribution is -2.35. The fourth-order valence-electron chi connectivity index (χ4n) is 4.74. The molecule has 1 aromatic heterocycles. The molecule has 11 heteroatoms. The van der Waals surface area contributed by atoms with Gasteiger partial charge in [-0.25, -0.2) is 4.79 Å². The molecule has 40 heavy (non-hydrogen) atoms. The molecule has 1 aliphatic rings. The first-order chi connectivity index (χ1) is 19.1. The van der Waals surface area contributed by atoms with Crippen molar-refractivity contribution >= 4 is 45.8 Å². The number of amides is 1. The summed E-state index contributed by atoms with van der Waals surface area (Å²) in [6, 6.07) is 15.4. The predicted molar refractivity (Wildman–Crippen MR) is 148 cm³/mol. The van der Waals surface area contributed by atoms with E-state index in [0.29, 0.717) is 41.3 Å². The van der Waals surface area contributed by atoms with Gasteiger partial charge in [0.1, 0.15) is 5.58 Å². The number of morpholine rings is 1. The summed E-state index contributed by atoms with van der Waals surface area (Å²) in [5.74, 6) is -0.820. The summed E-state index contributed by atoms with van der Waals surface area (Å²) in [6.07, 6.45) is -5.27.